The van der Waals surface area contributed by atoms with Gasteiger partial charge in [-0.25, -0.2) is 26.3 Å². The van der Waals surface area contributed by atoms with Gasteiger partial charge < -0.3 is 0 Å². The van der Waals surface area contributed by atoms with Crippen molar-refractivity contribution >= 4 is 31.4 Å². The molecule has 2 aromatic rings. The smallest absolute Gasteiger partial charge is 0.211 e. The molecule has 0 saturated carbocycles. The monoisotopic (exact) mass is 402 g/mol. The van der Waals surface area contributed by atoms with Crippen molar-refractivity contribution in [2.45, 2.75) is 36.6 Å². The molecule has 1 heterocycles. The predicted octanol–water partition coefficient (Wildman–Crippen LogP) is 2.72. The molecular formula is C16H22N2O4S3. The second-order valence-electron chi connectivity index (χ2n) is 6.08. The summed E-state index contributed by atoms with van der Waals surface area (Å²) in [6, 6.07) is 8.55. The minimum atomic E-state index is -3.73. The van der Waals surface area contributed by atoms with Gasteiger partial charge in [-0.2, -0.15) is 0 Å². The Kier molecular flexibility index (Phi) is 6.39. The largest absolute Gasteiger partial charge is 0.241 e. The minimum absolute atomic E-state index is 0.0266. The van der Waals surface area contributed by atoms with Crippen LogP contribution in [-0.4, -0.2) is 23.4 Å². The summed E-state index contributed by atoms with van der Waals surface area (Å²) in [5.74, 6) is 0.178. The van der Waals surface area contributed by atoms with Crippen LogP contribution < -0.4 is 9.44 Å². The van der Waals surface area contributed by atoms with E-state index in [0.717, 1.165) is 4.88 Å². The molecule has 1 aromatic heterocycles. The molecule has 1 aromatic carbocycles. The number of thiophene rings is 1. The van der Waals surface area contributed by atoms with Crippen LogP contribution in [-0.2, 0) is 20.0 Å². The van der Waals surface area contributed by atoms with E-state index in [9.17, 15) is 16.8 Å². The van der Waals surface area contributed by atoms with Crippen LogP contribution in [0.15, 0.2) is 51.6 Å². The summed E-state index contributed by atoms with van der Waals surface area (Å²) < 4.78 is 54.3. The third kappa shape index (κ3) is 5.35. The summed E-state index contributed by atoms with van der Waals surface area (Å²) in [7, 11) is -7.37. The van der Waals surface area contributed by atoms with E-state index in [0.29, 0.717) is 6.54 Å². The minimum Gasteiger partial charge on any atom is -0.211 e. The van der Waals surface area contributed by atoms with E-state index in [2.05, 4.69) is 9.44 Å². The van der Waals surface area contributed by atoms with Gasteiger partial charge in [0.1, 0.15) is 0 Å². The van der Waals surface area contributed by atoms with E-state index in [1.807, 2.05) is 31.4 Å². The van der Waals surface area contributed by atoms with Gasteiger partial charge in [0.05, 0.1) is 15.8 Å². The highest BCUT2D eigenvalue weighted by atomic mass is 32.2. The van der Waals surface area contributed by atoms with Gasteiger partial charge in [-0.15, -0.1) is 11.3 Å². The first-order chi connectivity index (χ1) is 11.6. The second kappa shape index (κ2) is 7.96. The molecule has 0 amide bonds. The van der Waals surface area contributed by atoms with Gasteiger partial charge in [0, 0.05) is 11.4 Å². The molecule has 25 heavy (non-hydrogen) atoms. The first-order valence-corrected chi connectivity index (χ1v) is 11.6. The number of sulfonamides is 2. The number of hydrogen-bond acceptors (Lipinski definition) is 5. The van der Waals surface area contributed by atoms with Gasteiger partial charge >= 0.3 is 0 Å². The van der Waals surface area contributed by atoms with Crippen LogP contribution in [0.25, 0.3) is 0 Å². The van der Waals surface area contributed by atoms with Crippen LogP contribution in [0.1, 0.15) is 31.7 Å². The molecule has 2 rings (SSSR count). The molecule has 138 valence electrons. The Bertz CT molecular complexity index is 887. The number of rotatable bonds is 8. The van der Waals surface area contributed by atoms with Crippen LogP contribution >= 0.6 is 11.3 Å². The van der Waals surface area contributed by atoms with Gasteiger partial charge in [-0.3, -0.25) is 0 Å². The molecule has 0 radical (unpaired) electrons. The van der Waals surface area contributed by atoms with E-state index >= 15 is 0 Å². The molecule has 0 saturated heterocycles. The summed E-state index contributed by atoms with van der Waals surface area (Å²) in [6.45, 7) is 5.89. The van der Waals surface area contributed by atoms with Gasteiger partial charge in [-0.1, -0.05) is 19.9 Å². The lowest BCUT2D eigenvalue weighted by Gasteiger charge is -2.13. The summed E-state index contributed by atoms with van der Waals surface area (Å²) in [5.41, 5.74) is 0. The highest BCUT2D eigenvalue weighted by molar-refractivity contribution is 7.90. The van der Waals surface area contributed by atoms with Crippen LogP contribution in [0, 0.1) is 5.92 Å². The quantitative estimate of drug-likeness (QED) is 0.710. The van der Waals surface area contributed by atoms with Gasteiger partial charge in [0.2, 0.25) is 20.0 Å². The fourth-order valence-corrected chi connectivity index (χ4v) is 5.30. The maximum Gasteiger partial charge on any atom is 0.241 e. The van der Waals surface area contributed by atoms with E-state index in [1.54, 1.807) is 6.92 Å². The topological polar surface area (TPSA) is 92.3 Å². The molecule has 0 aliphatic heterocycles. The van der Waals surface area contributed by atoms with Gasteiger partial charge in [0.25, 0.3) is 0 Å². The van der Waals surface area contributed by atoms with Crippen molar-refractivity contribution in [1.29, 1.82) is 0 Å². The van der Waals surface area contributed by atoms with Crippen molar-refractivity contribution in [3.63, 3.8) is 0 Å². The summed E-state index contributed by atoms with van der Waals surface area (Å²) in [5, 5.41) is 1.88. The third-order valence-electron chi connectivity index (χ3n) is 3.43. The van der Waals surface area contributed by atoms with E-state index < -0.39 is 20.0 Å². The third-order valence-corrected chi connectivity index (χ3v) is 7.48. The fourth-order valence-electron chi connectivity index (χ4n) is 2.05. The summed E-state index contributed by atoms with van der Waals surface area (Å²) in [6.07, 6.45) is 0. The molecule has 1 atom stereocenters. The zero-order valence-corrected chi connectivity index (χ0v) is 16.7. The van der Waals surface area contributed by atoms with Crippen molar-refractivity contribution in [1.82, 2.24) is 9.44 Å². The molecule has 9 heteroatoms. The SMILES string of the molecule is CC(C)CNS(=O)(=O)c1ccc(S(=O)(=O)N[C@@H](C)c2cccs2)cc1. The van der Waals surface area contributed by atoms with E-state index in [-0.39, 0.29) is 21.8 Å². The standard InChI is InChI=1S/C16H22N2O4S3/c1-12(2)11-17-24(19,20)14-6-8-15(9-7-14)25(21,22)18-13(3)16-5-4-10-23-16/h4-10,12-13,17-18H,11H2,1-3H3/t13-/m0/s1. The molecule has 0 aliphatic carbocycles. The summed E-state index contributed by atoms with van der Waals surface area (Å²) >= 11 is 1.47. The highest BCUT2D eigenvalue weighted by Crippen LogP contribution is 2.21. The fraction of sp³-hybridized carbons (Fsp3) is 0.375. The van der Waals surface area contributed by atoms with Crippen molar-refractivity contribution in [2.24, 2.45) is 5.92 Å². The van der Waals surface area contributed by atoms with Crippen molar-refractivity contribution in [3.8, 4) is 0 Å². The van der Waals surface area contributed by atoms with Crippen LogP contribution in [0.3, 0.4) is 0 Å². The molecule has 0 fully saturated rings. The lowest BCUT2D eigenvalue weighted by molar-refractivity contribution is 0.559. The van der Waals surface area contributed by atoms with Crippen LogP contribution in [0.5, 0.6) is 0 Å². The number of hydrogen-bond donors (Lipinski definition) is 2. The number of benzene rings is 1. The molecule has 0 spiro atoms. The second-order valence-corrected chi connectivity index (χ2v) is 10.5. The average molecular weight is 403 g/mol. The normalized spacial score (nSPS) is 13.9. The summed E-state index contributed by atoms with van der Waals surface area (Å²) in [4.78, 5) is 0.970. The Labute approximate surface area is 153 Å². The average Bonchev–Trinajstić information content (AvgIpc) is 3.07. The Morgan fingerprint density at radius 3 is 1.96 bits per heavy atom. The molecule has 0 bridgehead atoms. The Hall–Kier alpha value is -1.26. The van der Waals surface area contributed by atoms with E-state index in [1.165, 1.54) is 35.6 Å². The maximum absolute atomic E-state index is 12.4. The zero-order valence-electron chi connectivity index (χ0n) is 14.3. The first kappa shape index (κ1) is 20.1. The van der Waals surface area contributed by atoms with Gasteiger partial charge in [-0.05, 0) is 48.6 Å². The lowest BCUT2D eigenvalue weighted by atomic mass is 10.2. The first-order valence-electron chi connectivity index (χ1n) is 7.77. The van der Waals surface area contributed by atoms with E-state index in [4.69, 9.17) is 0 Å². The molecule has 2 N–H and O–H groups in total. The number of nitrogens with one attached hydrogen (secondary N) is 2. The molecule has 6 nitrogen and oxygen atoms in total. The molecular weight excluding hydrogens is 380 g/mol. The maximum atomic E-state index is 12.4. The molecule has 0 unspecified atom stereocenters. The Morgan fingerprint density at radius 2 is 1.48 bits per heavy atom. The van der Waals surface area contributed by atoms with Crippen molar-refractivity contribution in [2.75, 3.05) is 6.54 Å². The Balaban J connectivity index is 2.15. The predicted molar refractivity (Wildman–Crippen MR) is 99.5 cm³/mol. The van der Waals surface area contributed by atoms with Crippen LogP contribution in [0.2, 0.25) is 0 Å². The van der Waals surface area contributed by atoms with Crippen molar-refractivity contribution < 1.29 is 16.8 Å². The van der Waals surface area contributed by atoms with Crippen LogP contribution in [0.4, 0.5) is 0 Å². The van der Waals surface area contributed by atoms with Crippen molar-refractivity contribution in [3.05, 3.63) is 46.7 Å². The lowest BCUT2D eigenvalue weighted by Crippen LogP contribution is -2.28. The highest BCUT2D eigenvalue weighted by Gasteiger charge is 2.20. The van der Waals surface area contributed by atoms with Gasteiger partial charge in [0.15, 0.2) is 0 Å². The zero-order chi connectivity index (χ0) is 18.7. The molecule has 0 aliphatic rings. The Morgan fingerprint density at radius 1 is 0.920 bits per heavy atom.